The molecule has 3 amide bonds. The van der Waals surface area contributed by atoms with Gasteiger partial charge in [0.1, 0.15) is 5.75 Å². The summed E-state index contributed by atoms with van der Waals surface area (Å²) in [4.78, 5) is 24.5. The Morgan fingerprint density at radius 1 is 1.19 bits per heavy atom. The normalized spacial score (nSPS) is 18.2. The van der Waals surface area contributed by atoms with Crippen LogP contribution in [0.25, 0.3) is 0 Å². The smallest absolute Gasteiger partial charge is 0.324 e. The zero-order valence-corrected chi connectivity index (χ0v) is 19.2. The van der Waals surface area contributed by atoms with Crippen molar-refractivity contribution in [1.82, 2.24) is 14.9 Å². The van der Waals surface area contributed by atoms with Crippen molar-refractivity contribution in [2.45, 2.75) is 57.9 Å². The fourth-order valence-corrected chi connectivity index (χ4v) is 5.26. The first-order valence-electron chi connectivity index (χ1n) is 11.0. The van der Waals surface area contributed by atoms with Gasteiger partial charge in [-0.1, -0.05) is 32.4 Å². The van der Waals surface area contributed by atoms with Crippen LogP contribution in [0.2, 0.25) is 0 Å². The van der Waals surface area contributed by atoms with Crippen LogP contribution in [0.1, 0.15) is 57.9 Å². The van der Waals surface area contributed by atoms with E-state index in [9.17, 15) is 18.0 Å². The summed E-state index contributed by atoms with van der Waals surface area (Å²) in [5, 5.41) is 2.29. The molecule has 0 aromatic heterocycles. The molecule has 1 saturated heterocycles. The third kappa shape index (κ3) is 6.93. The van der Waals surface area contributed by atoms with Gasteiger partial charge < -0.3 is 9.64 Å². The number of unbranched alkanes of at least 4 members (excludes halogenated alkanes) is 2. The van der Waals surface area contributed by atoms with Crippen LogP contribution in [0.4, 0.5) is 4.79 Å². The van der Waals surface area contributed by atoms with Gasteiger partial charge in [0, 0.05) is 19.5 Å². The molecule has 1 aliphatic heterocycles. The number of nitrogens with one attached hydrogen (secondary N) is 2. The highest BCUT2D eigenvalue weighted by Gasteiger charge is 2.47. The number of nitrogens with zero attached hydrogens (tertiary/aromatic N) is 1. The molecule has 0 spiro atoms. The first-order chi connectivity index (χ1) is 14.7. The summed E-state index contributed by atoms with van der Waals surface area (Å²) in [5.41, 5.74) is 0.428. The number of hydrogen-bond donors (Lipinski definition) is 2. The van der Waals surface area contributed by atoms with Crippen LogP contribution in [-0.4, -0.2) is 50.7 Å². The van der Waals surface area contributed by atoms with Crippen molar-refractivity contribution in [3.63, 3.8) is 0 Å². The molecule has 8 nitrogen and oxygen atoms in total. The Labute approximate surface area is 184 Å². The molecule has 1 heterocycles. The van der Waals surface area contributed by atoms with Crippen molar-refractivity contribution >= 4 is 22.0 Å². The van der Waals surface area contributed by atoms with Crippen LogP contribution in [0.15, 0.2) is 24.3 Å². The standard InChI is InChI=1S/C22H33N3O5S/c1-17(2)16-30-19-8-6-7-18(15-19)22(10-11-22)24-31(28,29)14-5-3-4-12-25-13-9-20(26)23-21(25)27/h6-8,15,17,24H,3-5,9-14,16H2,1-2H3,(H,23,26,27). The topological polar surface area (TPSA) is 105 Å². The minimum absolute atomic E-state index is 0.0585. The fourth-order valence-electron chi connectivity index (χ4n) is 3.65. The molecule has 3 rings (SSSR count). The van der Waals surface area contributed by atoms with Gasteiger partial charge in [0.2, 0.25) is 15.9 Å². The highest BCUT2D eigenvalue weighted by molar-refractivity contribution is 7.89. The van der Waals surface area contributed by atoms with E-state index < -0.39 is 15.6 Å². The van der Waals surface area contributed by atoms with Crippen LogP contribution in [0, 0.1) is 5.92 Å². The zero-order chi connectivity index (χ0) is 22.5. The number of hydrogen-bond acceptors (Lipinski definition) is 5. The van der Waals surface area contributed by atoms with Gasteiger partial charge in [-0.15, -0.1) is 0 Å². The molecule has 1 aromatic carbocycles. The Hall–Kier alpha value is -2.13. The van der Waals surface area contributed by atoms with Crippen molar-refractivity contribution in [2.75, 3.05) is 25.4 Å². The summed E-state index contributed by atoms with van der Waals surface area (Å²) in [6.45, 7) is 5.75. The maximum Gasteiger partial charge on any atom is 0.324 e. The minimum atomic E-state index is -3.42. The van der Waals surface area contributed by atoms with Gasteiger partial charge in [0.15, 0.2) is 0 Å². The highest BCUT2D eigenvalue weighted by atomic mass is 32.2. The fraction of sp³-hybridized carbons (Fsp3) is 0.636. The van der Waals surface area contributed by atoms with E-state index in [1.54, 1.807) is 4.90 Å². The van der Waals surface area contributed by atoms with E-state index >= 15 is 0 Å². The van der Waals surface area contributed by atoms with Gasteiger partial charge in [-0.2, -0.15) is 0 Å². The average molecular weight is 452 g/mol. The van der Waals surface area contributed by atoms with Crippen molar-refractivity contribution in [3.05, 3.63) is 29.8 Å². The predicted octanol–water partition coefficient (Wildman–Crippen LogP) is 2.74. The van der Waals surface area contributed by atoms with Crippen LogP contribution in [0.3, 0.4) is 0 Å². The van der Waals surface area contributed by atoms with E-state index in [0.717, 1.165) is 24.2 Å². The number of sulfonamides is 1. The molecule has 0 radical (unpaired) electrons. The Balaban J connectivity index is 1.44. The van der Waals surface area contributed by atoms with Crippen molar-refractivity contribution < 1.29 is 22.7 Å². The highest BCUT2D eigenvalue weighted by Crippen LogP contribution is 2.46. The van der Waals surface area contributed by atoms with E-state index in [2.05, 4.69) is 23.9 Å². The molecule has 2 aliphatic rings. The zero-order valence-electron chi connectivity index (χ0n) is 18.4. The molecule has 1 saturated carbocycles. The Bertz CT molecular complexity index is 896. The molecule has 0 unspecified atom stereocenters. The second-order valence-electron chi connectivity index (χ2n) is 8.89. The maximum absolute atomic E-state index is 12.7. The lowest BCUT2D eigenvalue weighted by molar-refractivity contribution is -0.121. The molecule has 0 atom stereocenters. The molecule has 1 aliphatic carbocycles. The molecule has 172 valence electrons. The van der Waals surface area contributed by atoms with Gasteiger partial charge in [0.05, 0.1) is 17.9 Å². The van der Waals surface area contributed by atoms with Crippen molar-refractivity contribution in [1.29, 1.82) is 0 Å². The summed E-state index contributed by atoms with van der Waals surface area (Å²) < 4.78 is 34.0. The molecule has 9 heteroatoms. The van der Waals surface area contributed by atoms with E-state index in [-0.39, 0.29) is 17.7 Å². The largest absolute Gasteiger partial charge is 0.493 e. The second-order valence-corrected chi connectivity index (χ2v) is 10.7. The lowest BCUT2D eigenvalue weighted by atomic mass is 10.1. The summed E-state index contributed by atoms with van der Waals surface area (Å²) in [5.74, 6) is 0.997. The Morgan fingerprint density at radius 3 is 2.65 bits per heavy atom. The summed E-state index contributed by atoms with van der Waals surface area (Å²) in [6, 6.07) is 7.33. The molecule has 31 heavy (non-hydrogen) atoms. The SMILES string of the molecule is CC(C)COc1cccc(C2(NS(=O)(=O)CCCCCN3CCC(=O)NC3=O)CC2)c1. The van der Waals surface area contributed by atoms with Crippen LogP contribution in [-0.2, 0) is 20.4 Å². The maximum atomic E-state index is 12.7. The lowest BCUT2D eigenvalue weighted by Crippen LogP contribution is -2.49. The quantitative estimate of drug-likeness (QED) is 0.476. The number of urea groups is 1. The van der Waals surface area contributed by atoms with Crippen molar-refractivity contribution in [2.24, 2.45) is 5.92 Å². The Morgan fingerprint density at radius 2 is 1.97 bits per heavy atom. The third-order valence-corrected chi connectivity index (χ3v) is 7.08. The van der Waals surface area contributed by atoms with E-state index in [0.29, 0.717) is 51.3 Å². The second kappa shape index (κ2) is 9.99. The van der Waals surface area contributed by atoms with Crippen LogP contribution >= 0.6 is 0 Å². The number of carbonyl (C=O) groups is 2. The first-order valence-corrected chi connectivity index (χ1v) is 12.7. The van der Waals surface area contributed by atoms with Gasteiger partial charge in [-0.3, -0.25) is 10.1 Å². The Kier molecular flexibility index (Phi) is 7.59. The van der Waals surface area contributed by atoms with E-state index in [1.165, 1.54) is 0 Å². The summed E-state index contributed by atoms with van der Waals surface area (Å²) >= 11 is 0. The summed E-state index contributed by atoms with van der Waals surface area (Å²) in [6.07, 6.45) is 3.81. The lowest BCUT2D eigenvalue weighted by Gasteiger charge is -2.26. The summed E-state index contributed by atoms with van der Waals surface area (Å²) in [7, 11) is -3.42. The number of imide groups is 1. The van der Waals surface area contributed by atoms with Gasteiger partial charge in [-0.05, 0) is 49.3 Å². The monoisotopic (exact) mass is 451 g/mol. The molecule has 2 N–H and O–H groups in total. The average Bonchev–Trinajstić information content (AvgIpc) is 3.48. The molecular weight excluding hydrogens is 418 g/mol. The van der Waals surface area contributed by atoms with Crippen LogP contribution < -0.4 is 14.8 Å². The number of carbonyl (C=O) groups excluding carboxylic acids is 2. The molecule has 0 bridgehead atoms. The van der Waals surface area contributed by atoms with Crippen LogP contribution in [0.5, 0.6) is 5.75 Å². The minimum Gasteiger partial charge on any atom is -0.493 e. The van der Waals surface area contributed by atoms with Crippen molar-refractivity contribution in [3.8, 4) is 5.75 Å². The van der Waals surface area contributed by atoms with Gasteiger partial charge >= 0.3 is 6.03 Å². The molecular formula is C22H33N3O5S. The predicted molar refractivity (Wildman–Crippen MR) is 118 cm³/mol. The molecule has 1 aromatic rings. The molecule has 2 fully saturated rings. The van der Waals surface area contributed by atoms with Gasteiger partial charge in [-0.25, -0.2) is 17.9 Å². The first kappa shape index (κ1) is 23.5. The van der Waals surface area contributed by atoms with E-state index in [4.69, 9.17) is 4.74 Å². The number of rotatable bonds is 12. The third-order valence-electron chi connectivity index (χ3n) is 5.55. The number of benzene rings is 1. The van der Waals surface area contributed by atoms with Gasteiger partial charge in [0.25, 0.3) is 0 Å². The number of ether oxygens (including phenoxy) is 1. The van der Waals surface area contributed by atoms with E-state index in [1.807, 2.05) is 24.3 Å². The number of amides is 3.